The van der Waals surface area contributed by atoms with Crippen LogP contribution < -0.4 is 30.7 Å². The van der Waals surface area contributed by atoms with E-state index in [-0.39, 0.29) is 0 Å². The first kappa shape index (κ1) is 86.2. The average Bonchev–Trinajstić information content (AvgIpc) is 1.62. The van der Waals surface area contributed by atoms with Crippen LogP contribution in [0.25, 0.3) is 43.6 Å². The molecule has 0 fully saturated rings. The van der Waals surface area contributed by atoms with Crippen LogP contribution in [0.15, 0.2) is 468 Å². The third-order valence-electron chi connectivity index (χ3n) is 25.2. The number of fused-ring (bicyclic) bond motifs is 4. The van der Waals surface area contributed by atoms with E-state index in [1.54, 1.807) is 14.2 Å². The highest BCUT2D eigenvalue weighted by molar-refractivity contribution is 5.87. The van der Waals surface area contributed by atoms with Crippen molar-refractivity contribution in [2.75, 3.05) is 40.4 Å². The number of aryl methyl sites for hydroxylation is 1. The number of hydrogen-bond donors (Lipinski definition) is 8. The van der Waals surface area contributed by atoms with E-state index in [0.29, 0.717) is 0 Å². The van der Waals surface area contributed by atoms with Gasteiger partial charge in [-0.15, -0.1) is 0 Å². The van der Waals surface area contributed by atoms with E-state index < -0.39 is 22.2 Å². The molecule has 0 radical (unpaired) electrons. The lowest BCUT2D eigenvalue weighted by molar-refractivity contribution is 0.415. The van der Waals surface area contributed by atoms with Gasteiger partial charge in [-0.05, 0) is 170 Å². The normalized spacial score (nSPS) is 11.6. The van der Waals surface area contributed by atoms with E-state index in [1.165, 1.54) is 127 Å². The van der Waals surface area contributed by atoms with Gasteiger partial charge in [-0.25, -0.2) is 0 Å². The monoisotopic (exact) mass is 1680 g/mol. The summed E-state index contributed by atoms with van der Waals surface area (Å²) in [5, 5.41) is 21.0. The molecule has 0 aliphatic heterocycles. The molecule has 0 saturated carbocycles. The average molecular weight is 1680 g/mol. The Hall–Kier alpha value is -14.9. The maximum atomic E-state index is 5.45. The fourth-order valence-electron chi connectivity index (χ4n) is 18.8. The molecule has 20 rings (SSSR count). The summed E-state index contributed by atoms with van der Waals surface area (Å²) in [6.45, 7) is 5.47. The van der Waals surface area contributed by atoms with Gasteiger partial charge in [-0.2, -0.15) is 0 Å². The van der Waals surface area contributed by atoms with Gasteiger partial charge in [0.05, 0.1) is 36.4 Å². The molecule has 4 heterocycles. The van der Waals surface area contributed by atoms with Gasteiger partial charge in [0.15, 0.2) is 0 Å². The molecule has 0 aliphatic rings. The minimum Gasteiger partial charge on any atom is -0.497 e. The Morgan fingerprint density at radius 2 is 0.411 bits per heavy atom. The maximum absolute atomic E-state index is 5.45. The van der Waals surface area contributed by atoms with Gasteiger partial charge in [-0.1, -0.05) is 394 Å². The number of aromatic amines is 4. The van der Waals surface area contributed by atoms with Crippen LogP contribution in [0.3, 0.4) is 0 Å². The summed E-state index contributed by atoms with van der Waals surface area (Å²) in [5.41, 5.74) is 24.2. The van der Waals surface area contributed by atoms with Crippen LogP contribution in [-0.2, 0) is 47.8 Å². The van der Waals surface area contributed by atoms with Crippen LogP contribution >= 0.6 is 0 Å². The number of ether oxygens (including phenoxy) is 2. The van der Waals surface area contributed by atoms with Crippen molar-refractivity contribution in [3.63, 3.8) is 0 Å². The second kappa shape index (κ2) is 41.5. The summed E-state index contributed by atoms with van der Waals surface area (Å²) in [4.78, 5) is 13.6. The fourth-order valence-corrected chi connectivity index (χ4v) is 18.8. The minimum atomic E-state index is -0.451. The van der Waals surface area contributed by atoms with Crippen molar-refractivity contribution in [3.8, 4) is 11.5 Å². The molecule has 4 aromatic heterocycles. The molecular weight excluding hydrogens is 1570 g/mol. The number of H-pyrrole nitrogens is 4. The lowest BCUT2D eigenvalue weighted by Crippen LogP contribution is -2.45. The zero-order valence-electron chi connectivity index (χ0n) is 73.4. The summed E-state index contributed by atoms with van der Waals surface area (Å²) in [5.74, 6) is 1.74. The Morgan fingerprint density at radius 3 is 0.690 bits per heavy atom. The number of para-hydroxylation sites is 1. The molecule has 129 heavy (non-hydrogen) atoms. The molecule has 16 aromatic carbocycles. The standard InChI is InChI=1S/2C30H28N2O.C30H28N2.C29H26N2/c1-33-27-17-18-29-28(21-27)23(22-31-29)19-20-32-30(24-11-5-2-6-12-24,25-13-7-3-8-14-25)26-15-9-4-10-16-26;1-33-27-17-18-28-23(22-31-29(28)21-27)19-20-32-30(24-11-5-2-6-12-24,25-13-7-3-8-14-25)26-15-9-4-10-16-26;1-23-17-18-29-28(21-23)24(22-31-29)19-20-32-30(25-11-5-2-6-12-25,26-13-7-3-8-14-26)27-15-9-4-10-16-27;1-4-12-24(13-5-1)29(25-14-6-2-7-15-25,26-16-8-3-9-17-26)31-21-20-23-22-30-28-19-11-10-18-27(23)28/h2*2-18,21-22,31-32H,19-20H2,1H3;2-18,21-22,31-32H,19-20H2,1H3;1-19,22,30-31H,20-21H2. The van der Waals surface area contributed by atoms with Crippen LogP contribution in [-0.4, -0.2) is 60.3 Å². The Morgan fingerprint density at radius 1 is 0.202 bits per heavy atom. The summed E-state index contributed by atoms with van der Waals surface area (Å²) >= 11 is 0. The summed E-state index contributed by atoms with van der Waals surface area (Å²) in [7, 11) is 3.41. The number of rotatable bonds is 30. The predicted octanol–water partition coefficient (Wildman–Crippen LogP) is 25.5. The molecule has 8 N–H and O–H groups in total. The minimum absolute atomic E-state index is 0.421. The molecule has 0 unspecified atom stereocenters. The quantitative estimate of drug-likeness (QED) is 0.0212. The first-order valence-electron chi connectivity index (χ1n) is 44.8. The van der Waals surface area contributed by atoms with Gasteiger partial charge in [0, 0.05) is 101 Å². The molecule has 10 nitrogen and oxygen atoms in total. The van der Waals surface area contributed by atoms with Gasteiger partial charge >= 0.3 is 0 Å². The Labute approximate surface area is 758 Å². The van der Waals surface area contributed by atoms with Crippen LogP contribution in [0.5, 0.6) is 11.5 Å². The van der Waals surface area contributed by atoms with E-state index in [2.05, 4.69) is 504 Å². The van der Waals surface area contributed by atoms with Gasteiger partial charge < -0.3 is 29.4 Å². The smallest absolute Gasteiger partial charge is 0.120 e. The lowest BCUT2D eigenvalue weighted by Gasteiger charge is -2.37. The Balaban J connectivity index is 0.000000121. The van der Waals surface area contributed by atoms with E-state index in [1.807, 2.05) is 12.1 Å². The summed E-state index contributed by atoms with van der Waals surface area (Å²) < 4.78 is 10.8. The van der Waals surface area contributed by atoms with Crippen LogP contribution in [0.4, 0.5) is 0 Å². The van der Waals surface area contributed by atoms with Crippen molar-refractivity contribution in [2.24, 2.45) is 0 Å². The Kier molecular flexibility index (Phi) is 27.7. The predicted molar refractivity (Wildman–Crippen MR) is 535 cm³/mol. The van der Waals surface area contributed by atoms with Crippen LogP contribution in [0, 0.1) is 6.92 Å². The second-order valence-electron chi connectivity index (χ2n) is 32.8. The largest absolute Gasteiger partial charge is 0.497 e. The lowest BCUT2D eigenvalue weighted by atomic mass is 9.77. The summed E-state index contributed by atoms with van der Waals surface area (Å²) in [6, 6.07) is 157. The molecule has 0 spiro atoms. The van der Waals surface area contributed by atoms with Gasteiger partial charge in [-0.3, -0.25) is 21.3 Å². The van der Waals surface area contributed by atoms with Crippen molar-refractivity contribution in [1.82, 2.24) is 41.2 Å². The van der Waals surface area contributed by atoms with E-state index in [0.717, 1.165) is 74.4 Å². The van der Waals surface area contributed by atoms with Crippen LogP contribution in [0.2, 0.25) is 0 Å². The molecule has 20 aromatic rings. The molecule has 0 bridgehead atoms. The van der Waals surface area contributed by atoms with Crippen molar-refractivity contribution in [3.05, 3.63) is 562 Å². The summed E-state index contributed by atoms with van der Waals surface area (Å²) in [6.07, 6.45) is 12.2. The number of benzene rings is 16. The number of methoxy groups -OCH3 is 2. The van der Waals surface area contributed by atoms with Crippen molar-refractivity contribution in [2.45, 2.75) is 54.8 Å². The molecule has 10 heteroatoms. The SMILES string of the molecule is COc1ccc2[nH]cc(CCNC(c3ccccc3)(c3ccccc3)c3ccccc3)c2c1.COc1ccc2c(CCNC(c3ccccc3)(c3ccccc3)c3ccccc3)c[nH]c2c1.Cc1ccc2[nH]cc(CCNC(c3ccccc3)(c3ccccc3)c3ccccc3)c2c1.c1ccc(C(NCCc2c[nH]c3ccccc23)(c2ccccc2)c2ccccc2)cc1. The molecule has 0 aliphatic carbocycles. The van der Waals surface area contributed by atoms with Crippen molar-refractivity contribution >= 4 is 43.6 Å². The first-order valence-corrected chi connectivity index (χ1v) is 44.8. The van der Waals surface area contributed by atoms with Crippen LogP contribution in [0.1, 0.15) is 94.6 Å². The Bertz CT molecular complexity index is 6430. The zero-order chi connectivity index (χ0) is 87.8. The van der Waals surface area contributed by atoms with E-state index in [4.69, 9.17) is 9.47 Å². The maximum Gasteiger partial charge on any atom is 0.120 e. The molecular formula is C119H110N8O2. The fraction of sp³-hybridized carbons (Fsp3) is 0.126. The van der Waals surface area contributed by atoms with Crippen molar-refractivity contribution in [1.29, 1.82) is 0 Å². The molecule has 0 amide bonds. The van der Waals surface area contributed by atoms with Gasteiger partial charge in [0.1, 0.15) is 11.5 Å². The zero-order valence-corrected chi connectivity index (χ0v) is 73.4. The highest BCUT2D eigenvalue weighted by Gasteiger charge is 2.40. The van der Waals surface area contributed by atoms with E-state index in [9.17, 15) is 0 Å². The topological polar surface area (TPSA) is 130 Å². The van der Waals surface area contributed by atoms with Gasteiger partial charge in [0.2, 0.25) is 0 Å². The number of nitrogens with one attached hydrogen (secondary N) is 8. The molecule has 638 valence electrons. The second-order valence-corrected chi connectivity index (χ2v) is 32.8. The first-order chi connectivity index (χ1) is 63.8. The number of aromatic nitrogens is 4. The third kappa shape index (κ3) is 19.0. The highest BCUT2D eigenvalue weighted by Crippen LogP contribution is 2.43. The number of hydrogen-bond acceptors (Lipinski definition) is 6. The third-order valence-corrected chi connectivity index (χ3v) is 25.2. The molecule has 0 saturated heterocycles. The highest BCUT2D eigenvalue weighted by atomic mass is 16.5. The van der Waals surface area contributed by atoms with Gasteiger partial charge in [0.25, 0.3) is 0 Å². The van der Waals surface area contributed by atoms with E-state index >= 15 is 0 Å². The van der Waals surface area contributed by atoms with Crippen molar-refractivity contribution < 1.29 is 9.47 Å². The molecule has 0 atom stereocenters.